The molecule has 1 unspecified atom stereocenters. The van der Waals surface area contributed by atoms with Crippen molar-refractivity contribution in [1.82, 2.24) is 4.90 Å². The molecule has 2 aromatic rings. The average molecular weight is 401 g/mol. The molecule has 0 saturated carbocycles. The van der Waals surface area contributed by atoms with Crippen LogP contribution in [0, 0.1) is 0 Å². The van der Waals surface area contributed by atoms with E-state index in [9.17, 15) is 4.79 Å². The van der Waals surface area contributed by atoms with Gasteiger partial charge < -0.3 is 5.73 Å². The number of ketones is 1. The van der Waals surface area contributed by atoms with E-state index in [2.05, 4.69) is 17.0 Å². The van der Waals surface area contributed by atoms with Gasteiger partial charge in [0.1, 0.15) is 0 Å². The third kappa shape index (κ3) is 3.83. The first-order chi connectivity index (χ1) is 13.0. The Balaban J connectivity index is 1.49. The SMILES string of the molecule is NCC(C(=O)Cc1cccc(Cl)c1)N1CCC2=C(Cc3ccc(Cl)cc32)C1. The second-order valence-electron chi connectivity index (χ2n) is 7.31. The van der Waals surface area contributed by atoms with Crippen LogP contribution in [0.2, 0.25) is 10.0 Å². The van der Waals surface area contributed by atoms with Gasteiger partial charge in [-0.25, -0.2) is 0 Å². The van der Waals surface area contributed by atoms with Crippen LogP contribution in [-0.4, -0.2) is 36.4 Å². The van der Waals surface area contributed by atoms with Gasteiger partial charge in [0, 0.05) is 36.1 Å². The first-order valence-electron chi connectivity index (χ1n) is 9.26. The molecule has 2 N–H and O–H groups in total. The lowest BCUT2D eigenvalue weighted by atomic mass is 9.96. The molecule has 5 heteroatoms. The van der Waals surface area contributed by atoms with Gasteiger partial charge in [-0.3, -0.25) is 9.69 Å². The van der Waals surface area contributed by atoms with E-state index in [1.165, 1.54) is 22.3 Å². The Kier molecular flexibility index (Phi) is 5.38. The molecule has 0 fully saturated rings. The molecule has 0 radical (unpaired) electrons. The van der Waals surface area contributed by atoms with Crippen molar-refractivity contribution in [3.05, 3.63) is 74.8 Å². The van der Waals surface area contributed by atoms with E-state index < -0.39 is 0 Å². The van der Waals surface area contributed by atoms with E-state index in [1.54, 1.807) is 0 Å². The minimum Gasteiger partial charge on any atom is -0.328 e. The molecule has 0 aromatic heterocycles. The fourth-order valence-corrected chi connectivity index (χ4v) is 4.65. The number of hydrogen-bond donors (Lipinski definition) is 1. The van der Waals surface area contributed by atoms with Crippen molar-refractivity contribution < 1.29 is 4.79 Å². The van der Waals surface area contributed by atoms with Gasteiger partial charge in [0.05, 0.1) is 6.04 Å². The number of carbonyl (C=O) groups is 1. The number of nitrogens with two attached hydrogens (primary N) is 1. The highest BCUT2D eigenvalue weighted by Gasteiger charge is 2.32. The summed E-state index contributed by atoms with van der Waals surface area (Å²) >= 11 is 12.2. The third-order valence-electron chi connectivity index (χ3n) is 5.57. The van der Waals surface area contributed by atoms with Crippen molar-refractivity contribution >= 4 is 34.6 Å². The Bertz CT molecular complexity index is 922. The smallest absolute Gasteiger partial charge is 0.155 e. The highest BCUT2D eigenvalue weighted by molar-refractivity contribution is 6.31. The van der Waals surface area contributed by atoms with Gasteiger partial charge >= 0.3 is 0 Å². The van der Waals surface area contributed by atoms with Gasteiger partial charge in [-0.1, -0.05) is 41.4 Å². The van der Waals surface area contributed by atoms with Crippen LogP contribution in [0.15, 0.2) is 48.0 Å². The number of Topliss-reactive ketones (excluding diaryl/α,β-unsaturated/α-hetero) is 1. The van der Waals surface area contributed by atoms with E-state index >= 15 is 0 Å². The Morgan fingerprint density at radius 2 is 1.96 bits per heavy atom. The zero-order valence-electron chi connectivity index (χ0n) is 15.1. The number of rotatable bonds is 5. The molecule has 0 bridgehead atoms. The van der Waals surface area contributed by atoms with Crippen molar-refractivity contribution in [3.8, 4) is 0 Å². The van der Waals surface area contributed by atoms with Crippen LogP contribution in [0.5, 0.6) is 0 Å². The van der Waals surface area contributed by atoms with E-state index in [-0.39, 0.29) is 11.8 Å². The molecule has 4 rings (SSSR count). The summed E-state index contributed by atoms with van der Waals surface area (Å²) in [4.78, 5) is 15.1. The zero-order chi connectivity index (χ0) is 19.0. The van der Waals surface area contributed by atoms with Crippen molar-refractivity contribution in [3.63, 3.8) is 0 Å². The van der Waals surface area contributed by atoms with E-state index in [4.69, 9.17) is 28.9 Å². The lowest BCUT2D eigenvalue weighted by molar-refractivity contribution is -0.123. The molecular formula is C22H22Cl2N2O. The molecule has 1 atom stereocenters. The maximum absolute atomic E-state index is 12.9. The molecule has 0 saturated heterocycles. The number of benzene rings is 2. The summed E-state index contributed by atoms with van der Waals surface area (Å²) < 4.78 is 0. The standard InChI is InChI=1S/C22H22Cl2N2O/c23-17-3-1-2-14(8-17)9-22(27)21(12-25)26-7-6-19-16(13-26)10-15-4-5-18(24)11-20(15)19/h1-5,8,11,21H,6-7,9-10,12-13,25H2. The van der Waals surface area contributed by atoms with E-state index in [0.29, 0.717) is 18.0 Å². The van der Waals surface area contributed by atoms with Crippen LogP contribution in [0.1, 0.15) is 23.1 Å². The lowest BCUT2D eigenvalue weighted by Gasteiger charge is -2.34. The lowest BCUT2D eigenvalue weighted by Crippen LogP contribution is -2.49. The summed E-state index contributed by atoms with van der Waals surface area (Å²) in [6.07, 6.45) is 2.24. The van der Waals surface area contributed by atoms with Crippen molar-refractivity contribution in [1.29, 1.82) is 0 Å². The molecule has 3 nitrogen and oxygen atoms in total. The number of carbonyl (C=O) groups excluding carboxylic acids is 1. The van der Waals surface area contributed by atoms with Gasteiger partial charge in [0.15, 0.2) is 5.78 Å². The molecule has 1 heterocycles. The van der Waals surface area contributed by atoms with E-state index in [0.717, 1.165) is 36.5 Å². The predicted octanol–water partition coefficient (Wildman–Crippen LogP) is 4.15. The minimum atomic E-state index is -0.259. The Hall–Kier alpha value is -1.65. The van der Waals surface area contributed by atoms with Gasteiger partial charge in [-0.2, -0.15) is 0 Å². The molecular weight excluding hydrogens is 379 g/mol. The number of halogens is 2. The van der Waals surface area contributed by atoms with Gasteiger partial charge in [-0.05, 0) is 64.9 Å². The third-order valence-corrected chi connectivity index (χ3v) is 6.04. The number of fused-ring (bicyclic) bond motifs is 2. The highest BCUT2D eigenvalue weighted by Crippen LogP contribution is 2.39. The van der Waals surface area contributed by atoms with Crippen molar-refractivity contribution in [2.75, 3.05) is 19.6 Å². The quantitative estimate of drug-likeness (QED) is 0.819. The van der Waals surface area contributed by atoms with Crippen LogP contribution >= 0.6 is 23.2 Å². The minimum absolute atomic E-state index is 0.155. The Morgan fingerprint density at radius 1 is 1.15 bits per heavy atom. The second-order valence-corrected chi connectivity index (χ2v) is 8.18. The predicted molar refractivity (Wildman–Crippen MR) is 111 cm³/mol. The molecule has 140 valence electrons. The number of hydrogen-bond acceptors (Lipinski definition) is 3. The molecule has 1 aliphatic heterocycles. The summed E-state index contributed by atoms with van der Waals surface area (Å²) in [6, 6.07) is 13.4. The van der Waals surface area contributed by atoms with Crippen LogP contribution in [-0.2, 0) is 17.6 Å². The number of nitrogens with zero attached hydrogens (tertiary/aromatic N) is 1. The highest BCUT2D eigenvalue weighted by atomic mass is 35.5. The summed E-state index contributed by atoms with van der Waals surface area (Å²) in [6.45, 7) is 1.97. The van der Waals surface area contributed by atoms with Gasteiger partial charge in [0.25, 0.3) is 0 Å². The van der Waals surface area contributed by atoms with Crippen LogP contribution in [0.4, 0.5) is 0 Å². The maximum atomic E-state index is 12.9. The van der Waals surface area contributed by atoms with Gasteiger partial charge in [-0.15, -0.1) is 0 Å². The van der Waals surface area contributed by atoms with Crippen LogP contribution in [0.25, 0.3) is 5.57 Å². The topological polar surface area (TPSA) is 46.3 Å². The fourth-order valence-electron chi connectivity index (χ4n) is 4.27. The average Bonchev–Trinajstić information content (AvgIpc) is 2.99. The Morgan fingerprint density at radius 3 is 2.74 bits per heavy atom. The summed E-state index contributed by atoms with van der Waals surface area (Å²) in [5.41, 5.74) is 12.4. The summed E-state index contributed by atoms with van der Waals surface area (Å²) in [7, 11) is 0. The van der Waals surface area contributed by atoms with Crippen molar-refractivity contribution in [2.24, 2.45) is 5.73 Å². The summed E-state index contributed by atoms with van der Waals surface area (Å²) in [5.74, 6) is 0.155. The summed E-state index contributed by atoms with van der Waals surface area (Å²) in [5, 5.41) is 1.43. The molecule has 27 heavy (non-hydrogen) atoms. The Labute approximate surface area is 169 Å². The molecule has 2 aromatic carbocycles. The zero-order valence-corrected chi connectivity index (χ0v) is 16.6. The second kappa shape index (κ2) is 7.76. The van der Waals surface area contributed by atoms with Crippen LogP contribution < -0.4 is 5.73 Å². The van der Waals surface area contributed by atoms with Gasteiger partial charge in [0.2, 0.25) is 0 Å². The van der Waals surface area contributed by atoms with E-state index in [1.807, 2.05) is 30.3 Å². The molecule has 0 amide bonds. The molecule has 1 aliphatic carbocycles. The largest absolute Gasteiger partial charge is 0.328 e. The molecule has 2 aliphatic rings. The van der Waals surface area contributed by atoms with Crippen LogP contribution in [0.3, 0.4) is 0 Å². The molecule has 0 spiro atoms. The monoisotopic (exact) mass is 400 g/mol. The van der Waals surface area contributed by atoms with Crippen molar-refractivity contribution in [2.45, 2.75) is 25.3 Å². The maximum Gasteiger partial charge on any atom is 0.155 e. The first-order valence-corrected chi connectivity index (χ1v) is 10.0. The fraction of sp³-hybridized carbons (Fsp3) is 0.318. The normalized spacial score (nSPS) is 17.6. The first kappa shape index (κ1) is 18.7.